The highest BCUT2D eigenvalue weighted by Gasteiger charge is 2.31. The number of carbonyl (C=O) groups excluding carboxylic acids is 4. The van der Waals surface area contributed by atoms with Crippen LogP contribution in [0.2, 0.25) is 0 Å². The van der Waals surface area contributed by atoms with Crippen molar-refractivity contribution < 1.29 is 33.1 Å². The fourth-order valence-corrected chi connectivity index (χ4v) is 4.15. The molecule has 1 heterocycles. The molecule has 3 aromatic carbocycles. The van der Waals surface area contributed by atoms with Crippen LogP contribution < -0.4 is 10.1 Å². The molecular weight excluding hydrogens is 450 g/mol. The van der Waals surface area contributed by atoms with E-state index < -0.39 is 18.5 Å². The van der Waals surface area contributed by atoms with Crippen molar-refractivity contribution in [1.29, 1.82) is 0 Å². The van der Waals surface area contributed by atoms with E-state index in [1.165, 1.54) is 13.2 Å². The number of ketones is 2. The van der Waals surface area contributed by atoms with Crippen molar-refractivity contribution in [2.45, 2.75) is 6.92 Å². The predicted molar refractivity (Wildman–Crippen MR) is 126 cm³/mol. The molecule has 0 atom stereocenters. The number of benzene rings is 3. The molecule has 0 aliphatic heterocycles. The van der Waals surface area contributed by atoms with Crippen LogP contribution in [0.3, 0.4) is 0 Å². The van der Waals surface area contributed by atoms with Crippen molar-refractivity contribution in [3.8, 4) is 5.75 Å². The van der Waals surface area contributed by atoms with Crippen LogP contribution in [-0.2, 0) is 9.53 Å². The first-order valence-electron chi connectivity index (χ1n) is 10.7. The number of hydrogen-bond donors (Lipinski definition) is 1. The van der Waals surface area contributed by atoms with E-state index in [0.717, 1.165) is 0 Å². The van der Waals surface area contributed by atoms with Gasteiger partial charge in [0, 0.05) is 27.6 Å². The molecule has 8 heteroatoms. The second-order valence-corrected chi connectivity index (χ2v) is 7.97. The van der Waals surface area contributed by atoms with Gasteiger partial charge in [0.2, 0.25) is 5.76 Å². The average molecular weight is 469 g/mol. The number of methoxy groups -OCH3 is 1. The number of hydrogen-bond acceptors (Lipinski definition) is 7. The van der Waals surface area contributed by atoms with Crippen LogP contribution in [0.5, 0.6) is 5.75 Å². The average Bonchev–Trinajstić information content (AvgIpc) is 3.21. The first-order chi connectivity index (χ1) is 16.9. The van der Waals surface area contributed by atoms with Crippen molar-refractivity contribution in [2.24, 2.45) is 0 Å². The Bertz CT molecular complexity index is 1550. The van der Waals surface area contributed by atoms with Crippen molar-refractivity contribution in [2.75, 3.05) is 19.0 Å². The molecule has 0 saturated heterocycles. The zero-order valence-electron chi connectivity index (χ0n) is 18.8. The molecule has 0 bridgehead atoms. The Morgan fingerprint density at radius 1 is 0.914 bits per heavy atom. The molecule has 1 aliphatic rings. The van der Waals surface area contributed by atoms with Gasteiger partial charge in [-0.25, -0.2) is 4.79 Å². The Morgan fingerprint density at radius 3 is 2.37 bits per heavy atom. The van der Waals surface area contributed by atoms with Gasteiger partial charge >= 0.3 is 5.97 Å². The van der Waals surface area contributed by atoms with Gasteiger partial charge in [0.05, 0.1) is 18.4 Å². The smallest absolute Gasteiger partial charge is 0.375 e. The maximum absolute atomic E-state index is 13.1. The Kier molecular flexibility index (Phi) is 5.41. The molecule has 1 amide bonds. The van der Waals surface area contributed by atoms with Gasteiger partial charge in [-0.05, 0) is 31.2 Å². The monoisotopic (exact) mass is 469 g/mol. The van der Waals surface area contributed by atoms with Gasteiger partial charge in [0.25, 0.3) is 5.91 Å². The zero-order valence-corrected chi connectivity index (χ0v) is 18.8. The van der Waals surface area contributed by atoms with Gasteiger partial charge in [0.1, 0.15) is 11.3 Å². The molecular formula is C27H19NO7. The predicted octanol–water partition coefficient (Wildman–Crippen LogP) is 4.32. The van der Waals surface area contributed by atoms with Gasteiger partial charge in [-0.2, -0.15) is 0 Å². The molecule has 174 valence electrons. The number of amides is 1. The minimum Gasteiger partial charge on any atom is -0.497 e. The lowest BCUT2D eigenvalue weighted by Crippen LogP contribution is -2.26. The van der Waals surface area contributed by atoms with E-state index >= 15 is 0 Å². The summed E-state index contributed by atoms with van der Waals surface area (Å²) in [7, 11) is 1.54. The maximum Gasteiger partial charge on any atom is 0.375 e. The molecule has 1 aromatic heterocycles. The lowest BCUT2D eigenvalue weighted by atomic mass is 9.83. The number of aryl methyl sites for hydroxylation is 1. The van der Waals surface area contributed by atoms with Crippen molar-refractivity contribution in [1.82, 2.24) is 0 Å². The number of furan rings is 1. The highest BCUT2D eigenvalue weighted by Crippen LogP contribution is 2.32. The lowest BCUT2D eigenvalue weighted by Gasteiger charge is -2.20. The molecule has 4 aromatic rings. The molecule has 0 saturated carbocycles. The summed E-state index contributed by atoms with van der Waals surface area (Å²) in [6.45, 7) is 1.10. The molecule has 0 unspecified atom stereocenters. The highest BCUT2D eigenvalue weighted by atomic mass is 16.5. The number of esters is 1. The summed E-state index contributed by atoms with van der Waals surface area (Å²) >= 11 is 0. The zero-order chi connectivity index (χ0) is 24.7. The summed E-state index contributed by atoms with van der Waals surface area (Å²) in [5, 5.41) is 3.27. The molecule has 35 heavy (non-hydrogen) atoms. The van der Waals surface area contributed by atoms with E-state index in [0.29, 0.717) is 27.8 Å². The lowest BCUT2D eigenvalue weighted by molar-refractivity contribution is -0.119. The second kappa shape index (κ2) is 8.57. The SMILES string of the molecule is COc1ccc2oc(C(=O)OCC(=O)Nc3cccc4c3C(=O)c3ccccc3C4=O)c(C)c2c1. The largest absolute Gasteiger partial charge is 0.497 e. The number of fused-ring (bicyclic) bond motifs is 3. The van der Waals surface area contributed by atoms with E-state index in [1.54, 1.807) is 61.5 Å². The van der Waals surface area contributed by atoms with Crippen LogP contribution in [0.1, 0.15) is 48.0 Å². The van der Waals surface area contributed by atoms with Crippen LogP contribution >= 0.6 is 0 Å². The fourth-order valence-electron chi connectivity index (χ4n) is 4.15. The minimum absolute atomic E-state index is 0.0180. The van der Waals surface area contributed by atoms with Crippen LogP contribution in [0.15, 0.2) is 65.1 Å². The quantitative estimate of drug-likeness (QED) is 0.382. The summed E-state index contributed by atoms with van der Waals surface area (Å²) in [5.74, 6) is -1.53. The maximum atomic E-state index is 13.1. The Morgan fingerprint density at radius 2 is 1.63 bits per heavy atom. The first-order valence-corrected chi connectivity index (χ1v) is 10.7. The van der Waals surface area contributed by atoms with Crippen LogP contribution in [0.25, 0.3) is 11.0 Å². The summed E-state index contributed by atoms with van der Waals surface area (Å²) in [6, 6.07) is 16.3. The molecule has 8 nitrogen and oxygen atoms in total. The van der Waals surface area contributed by atoms with Gasteiger partial charge in [0.15, 0.2) is 18.2 Å². The minimum atomic E-state index is -0.803. The number of rotatable bonds is 5. The molecule has 1 aliphatic carbocycles. The highest BCUT2D eigenvalue weighted by molar-refractivity contribution is 6.30. The molecule has 0 spiro atoms. The van der Waals surface area contributed by atoms with Gasteiger partial charge in [-0.3, -0.25) is 14.4 Å². The second-order valence-electron chi connectivity index (χ2n) is 7.97. The van der Waals surface area contributed by atoms with E-state index in [4.69, 9.17) is 13.9 Å². The third-order valence-electron chi connectivity index (χ3n) is 5.89. The van der Waals surface area contributed by atoms with Crippen LogP contribution in [0, 0.1) is 6.92 Å². The molecule has 1 N–H and O–H groups in total. The third-order valence-corrected chi connectivity index (χ3v) is 5.89. The summed E-state index contributed by atoms with van der Waals surface area (Å²) < 4.78 is 15.9. The van der Waals surface area contributed by atoms with E-state index in [1.807, 2.05) is 0 Å². The molecule has 0 radical (unpaired) electrons. The summed E-state index contributed by atoms with van der Waals surface area (Å²) in [4.78, 5) is 51.1. The van der Waals surface area contributed by atoms with E-state index in [9.17, 15) is 19.2 Å². The van der Waals surface area contributed by atoms with Crippen LogP contribution in [-0.4, -0.2) is 37.2 Å². The van der Waals surface area contributed by atoms with Gasteiger partial charge < -0.3 is 19.2 Å². The van der Waals surface area contributed by atoms with Crippen molar-refractivity contribution in [3.63, 3.8) is 0 Å². The Labute approximate surface area is 199 Å². The van der Waals surface area contributed by atoms with Crippen molar-refractivity contribution >= 4 is 40.1 Å². The topological polar surface area (TPSA) is 112 Å². The molecule has 5 rings (SSSR count). The Hall–Kier alpha value is -4.72. The number of ether oxygens (including phenoxy) is 2. The Balaban J connectivity index is 1.33. The fraction of sp³-hybridized carbons (Fsp3) is 0.111. The normalized spacial score (nSPS) is 12.2. The van der Waals surface area contributed by atoms with E-state index in [2.05, 4.69) is 5.32 Å². The van der Waals surface area contributed by atoms with Gasteiger partial charge in [-0.1, -0.05) is 36.4 Å². The summed E-state index contributed by atoms with van der Waals surface area (Å²) in [5.41, 5.74) is 2.12. The molecule has 0 fully saturated rings. The first kappa shape index (κ1) is 22.1. The van der Waals surface area contributed by atoms with Crippen molar-refractivity contribution in [3.05, 3.63) is 94.2 Å². The summed E-state index contributed by atoms with van der Waals surface area (Å²) in [6.07, 6.45) is 0. The van der Waals surface area contributed by atoms with Crippen LogP contribution in [0.4, 0.5) is 5.69 Å². The van der Waals surface area contributed by atoms with E-state index in [-0.39, 0.29) is 39.7 Å². The standard InChI is InChI=1S/C27H19NO7/c1-14-19-12-15(33-2)10-11-21(19)35-26(14)27(32)34-13-22(29)28-20-9-5-8-18-23(20)25(31)17-7-4-3-6-16(17)24(18)30/h3-12H,13H2,1-2H3,(H,28,29). The van der Waals surface area contributed by atoms with Gasteiger partial charge in [-0.15, -0.1) is 0 Å². The number of nitrogens with one attached hydrogen (secondary N) is 1. The third kappa shape index (κ3) is 3.74. The number of carbonyl (C=O) groups is 4. The number of anilines is 1.